The van der Waals surface area contributed by atoms with Crippen LogP contribution >= 0.6 is 0 Å². The van der Waals surface area contributed by atoms with Crippen molar-refractivity contribution in [3.05, 3.63) is 35.4 Å². The average molecular weight is 273 g/mol. The Hall–Kier alpha value is -0.940. The van der Waals surface area contributed by atoms with Gasteiger partial charge in [0.05, 0.1) is 19.3 Å². The number of nitrogens with one attached hydrogen (secondary N) is 1. The van der Waals surface area contributed by atoms with Crippen molar-refractivity contribution < 1.29 is 4.74 Å². The van der Waals surface area contributed by atoms with Crippen LogP contribution in [0.5, 0.6) is 0 Å². The van der Waals surface area contributed by atoms with Crippen molar-refractivity contribution >= 4 is 0 Å². The highest BCUT2D eigenvalue weighted by atomic mass is 16.5. The summed E-state index contributed by atoms with van der Waals surface area (Å²) in [5.74, 6) is 0. The molecule has 108 valence electrons. The smallest absolute Gasteiger partial charge is 0.0721 e. The van der Waals surface area contributed by atoms with Gasteiger partial charge in [-0.2, -0.15) is 0 Å². The maximum Gasteiger partial charge on any atom is 0.0721 e. The van der Waals surface area contributed by atoms with Gasteiger partial charge in [0.25, 0.3) is 0 Å². The van der Waals surface area contributed by atoms with Crippen LogP contribution < -0.4 is 5.32 Å². The standard InChI is InChI=1S/C16H23N3O/c1-2-4-15-13(3-1)11-20-12-16(15)19-7-5-18(6-8-19)14-9-17-10-14/h1-4,14,16-17H,5-12H2. The summed E-state index contributed by atoms with van der Waals surface area (Å²) in [7, 11) is 0. The molecule has 2 saturated heterocycles. The highest BCUT2D eigenvalue weighted by Gasteiger charge is 2.32. The summed E-state index contributed by atoms with van der Waals surface area (Å²) >= 11 is 0. The third kappa shape index (κ3) is 2.27. The zero-order valence-electron chi connectivity index (χ0n) is 11.9. The first kappa shape index (κ1) is 12.8. The lowest BCUT2D eigenvalue weighted by Crippen LogP contribution is -2.62. The molecule has 4 heteroatoms. The maximum absolute atomic E-state index is 5.80. The van der Waals surface area contributed by atoms with Gasteiger partial charge in [0.2, 0.25) is 0 Å². The molecule has 0 bridgehead atoms. The van der Waals surface area contributed by atoms with Gasteiger partial charge in [-0.25, -0.2) is 0 Å². The van der Waals surface area contributed by atoms with E-state index in [-0.39, 0.29) is 0 Å². The number of piperazine rings is 1. The minimum absolute atomic E-state index is 0.460. The molecule has 1 unspecified atom stereocenters. The summed E-state index contributed by atoms with van der Waals surface area (Å²) < 4.78 is 5.80. The Balaban J connectivity index is 1.44. The zero-order valence-corrected chi connectivity index (χ0v) is 11.9. The third-order valence-corrected chi connectivity index (χ3v) is 5.01. The molecule has 0 radical (unpaired) electrons. The Morgan fingerprint density at radius 2 is 1.75 bits per heavy atom. The van der Waals surface area contributed by atoms with Crippen molar-refractivity contribution in [3.8, 4) is 0 Å². The maximum atomic E-state index is 5.80. The van der Waals surface area contributed by atoms with E-state index < -0.39 is 0 Å². The number of ether oxygens (including phenoxy) is 1. The molecule has 0 aliphatic carbocycles. The SMILES string of the molecule is c1ccc2c(c1)COCC2N1CCN(C2CNC2)CC1. The quantitative estimate of drug-likeness (QED) is 0.864. The van der Waals surface area contributed by atoms with Crippen LogP contribution in [0.15, 0.2) is 24.3 Å². The minimum atomic E-state index is 0.460. The second-order valence-corrected chi connectivity index (χ2v) is 6.11. The van der Waals surface area contributed by atoms with Gasteiger partial charge in [-0.3, -0.25) is 9.80 Å². The molecular weight excluding hydrogens is 250 g/mol. The average Bonchev–Trinajstić information content (AvgIpc) is 2.46. The molecule has 0 spiro atoms. The Labute approximate surface area is 120 Å². The van der Waals surface area contributed by atoms with Crippen molar-refractivity contribution in [1.29, 1.82) is 0 Å². The molecule has 20 heavy (non-hydrogen) atoms. The fourth-order valence-electron chi connectivity index (χ4n) is 3.61. The normalized spacial score (nSPS) is 28.9. The molecule has 0 saturated carbocycles. The molecule has 3 aliphatic rings. The summed E-state index contributed by atoms with van der Waals surface area (Å²) in [6.45, 7) is 8.71. The Morgan fingerprint density at radius 1 is 1.00 bits per heavy atom. The fourth-order valence-corrected chi connectivity index (χ4v) is 3.61. The highest BCUT2D eigenvalue weighted by molar-refractivity contribution is 5.31. The van der Waals surface area contributed by atoms with E-state index in [2.05, 4.69) is 39.4 Å². The van der Waals surface area contributed by atoms with Crippen molar-refractivity contribution in [3.63, 3.8) is 0 Å². The summed E-state index contributed by atoms with van der Waals surface area (Å²) in [4.78, 5) is 5.25. The zero-order chi connectivity index (χ0) is 13.4. The summed E-state index contributed by atoms with van der Waals surface area (Å²) in [5, 5.41) is 3.37. The lowest BCUT2D eigenvalue weighted by Gasteiger charge is -2.46. The molecule has 1 atom stereocenters. The first-order valence-electron chi connectivity index (χ1n) is 7.76. The van der Waals surface area contributed by atoms with Crippen LogP contribution in [0.2, 0.25) is 0 Å². The topological polar surface area (TPSA) is 27.7 Å². The largest absolute Gasteiger partial charge is 0.375 e. The number of benzene rings is 1. The Morgan fingerprint density at radius 3 is 2.50 bits per heavy atom. The molecule has 1 aromatic carbocycles. The summed E-state index contributed by atoms with van der Waals surface area (Å²) in [6.07, 6.45) is 0. The first-order valence-corrected chi connectivity index (χ1v) is 7.76. The van der Waals surface area contributed by atoms with Crippen LogP contribution in [0, 0.1) is 0 Å². The number of nitrogens with zero attached hydrogens (tertiary/aromatic N) is 2. The third-order valence-electron chi connectivity index (χ3n) is 5.01. The van der Waals surface area contributed by atoms with E-state index in [1.54, 1.807) is 0 Å². The van der Waals surface area contributed by atoms with Gasteiger partial charge in [-0.05, 0) is 11.1 Å². The molecule has 3 aliphatic heterocycles. The molecule has 4 nitrogen and oxygen atoms in total. The Kier molecular flexibility index (Phi) is 3.48. The Bertz CT molecular complexity index is 467. The lowest BCUT2D eigenvalue weighted by atomic mass is 9.97. The molecule has 2 fully saturated rings. The molecule has 1 aromatic rings. The van der Waals surface area contributed by atoms with Crippen LogP contribution in [0.25, 0.3) is 0 Å². The summed E-state index contributed by atoms with van der Waals surface area (Å²) in [5.41, 5.74) is 2.85. The molecule has 0 aromatic heterocycles. The van der Waals surface area contributed by atoms with Gasteiger partial charge in [0, 0.05) is 45.3 Å². The van der Waals surface area contributed by atoms with Crippen molar-refractivity contribution in [1.82, 2.24) is 15.1 Å². The predicted octanol–water partition coefficient (Wildman–Crippen LogP) is 0.847. The second-order valence-electron chi connectivity index (χ2n) is 6.11. The molecule has 0 amide bonds. The predicted molar refractivity (Wildman–Crippen MR) is 78.6 cm³/mol. The van der Waals surface area contributed by atoms with Gasteiger partial charge in [0.15, 0.2) is 0 Å². The fraction of sp³-hybridized carbons (Fsp3) is 0.625. The van der Waals surface area contributed by atoms with E-state index in [0.29, 0.717) is 6.04 Å². The summed E-state index contributed by atoms with van der Waals surface area (Å²) in [6, 6.07) is 10.0. The highest BCUT2D eigenvalue weighted by Crippen LogP contribution is 2.30. The van der Waals surface area contributed by atoms with E-state index >= 15 is 0 Å². The second kappa shape index (κ2) is 5.45. The van der Waals surface area contributed by atoms with Crippen LogP contribution in [-0.4, -0.2) is 61.7 Å². The van der Waals surface area contributed by atoms with E-state index in [1.165, 1.54) is 50.4 Å². The van der Waals surface area contributed by atoms with Gasteiger partial charge in [-0.1, -0.05) is 24.3 Å². The van der Waals surface area contributed by atoms with E-state index in [4.69, 9.17) is 4.74 Å². The molecule has 4 rings (SSSR count). The van der Waals surface area contributed by atoms with Gasteiger partial charge in [0.1, 0.15) is 0 Å². The van der Waals surface area contributed by atoms with Crippen molar-refractivity contribution in [2.75, 3.05) is 45.9 Å². The minimum Gasteiger partial charge on any atom is -0.375 e. The molecular formula is C16H23N3O. The number of hydrogen-bond acceptors (Lipinski definition) is 4. The van der Waals surface area contributed by atoms with E-state index in [0.717, 1.165) is 19.3 Å². The number of hydrogen-bond donors (Lipinski definition) is 1. The molecule has 3 heterocycles. The van der Waals surface area contributed by atoms with Crippen molar-refractivity contribution in [2.45, 2.75) is 18.7 Å². The van der Waals surface area contributed by atoms with Crippen molar-refractivity contribution in [2.24, 2.45) is 0 Å². The van der Waals surface area contributed by atoms with E-state index in [9.17, 15) is 0 Å². The first-order chi connectivity index (χ1) is 9.92. The number of fused-ring (bicyclic) bond motifs is 1. The van der Waals surface area contributed by atoms with Gasteiger partial charge >= 0.3 is 0 Å². The van der Waals surface area contributed by atoms with Crippen LogP contribution in [0.1, 0.15) is 17.2 Å². The van der Waals surface area contributed by atoms with Crippen LogP contribution in [0.4, 0.5) is 0 Å². The lowest BCUT2D eigenvalue weighted by molar-refractivity contribution is -0.00178. The number of rotatable bonds is 2. The van der Waals surface area contributed by atoms with Gasteiger partial charge in [-0.15, -0.1) is 0 Å². The van der Waals surface area contributed by atoms with E-state index in [1.807, 2.05) is 0 Å². The molecule has 1 N–H and O–H groups in total. The van der Waals surface area contributed by atoms with Crippen LogP contribution in [-0.2, 0) is 11.3 Å². The van der Waals surface area contributed by atoms with Gasteiger partial charge < -0.3 is 10.1 Å². The monoisotopic (exact) mass is 273 g/mol. The van der Waals surface area contributed by atoms with Crippen LogP contribution in [0.3, 0.4) is 0 Å².